The van der Waals surface area contributed by atoms with E-state index in [-0.39, 0.29) is 5.91 Å². The third kappa shape index (κ3) is 3.05. The number of amides is 1. The minimum atomic E-state index is -0.590. The largest absolute Gasteiger partial charge is 0.368 e. The molecule has 0 aromatic heterocycles. The first-order valence-electron chi connectivity index (χ1n) is 8.07. The van der Waals surface area contributed by atoms with E-state index >= 15 is 0 Å². The molecule has 2 aliphatic rings. The summed E-state index contributed by atoms with van der Waals surface area (Å²) in [5, 5.41) is 0. The van der Waals surface area contributed by atoms with Crippen LogP contribution in [-0.2, 0) is 4.79 Å². The van der Waals surface area contributed by atoms with E-state index in [1.807, 2.05) is 11.0 Å². The average molecular weight is 287 g/mol. The summed E-state index contributed by atoms with van der Waals surface area (Å²) < 4.78 is 0. The van der Waals surface area contributed by atoms with E-state index in [4.69, 9.17) is 5.73 Å². The van der Waals surface area contributed by atoms with E-state index in [1.54, 1.807) is 0 Å². The normalized spacial score (nSPS) is 22.1. The predicted molar refractivity (Wildman–Crippen MR) is 85.2 cm³/mol. The van der Waals surface area contributed by atoms with Crippen molar-refractivity contribution in [3.05, 3.63) is 30.3 Å². The van der Waals surface area contributed by atoms with Gasteiger partial charge in [-0.2, -0.15) is 0 Å². The molecule has 1 aromatic rings. The highest BCUT2D eigenvalue weighted by Gasteiger charge is 2.39. The quantitative estimate of drug-likeness (QED) is 0.905. The van der Waals surface area contributed by atoms with E-state index in [2.05, 4.69) is 29.2 Å². The summed E-state index contributed by atoms with van der Waals surface area (Å²) in [5.41, 5.74) is 7.02. The zero-order valence-corrected chi connectivity index (χ0v) is 12.6. The molecular formula is C17H25N3O. The van der Waals surface area contributed by atoms with Crippen molar-refractivity contribution in [3.63, 3.8) is 0 Å². The molecule has 1 amide bonds. The highest BCUT2D eigenvalue weighted by molar-refractivity contribution is 5.86. The van der Waals surface area contributed by atoms with Gasteiger partial charge in [0.05, 0.1) is 5.54 Å². The van der Waals surface area contributed by atoms with Gasteiger partial charge in [-0.3, -0.25) is 4.79 Å². The van der Waals surface area contributed by atoms with Crippen LogP contribution in [0.15, 0.2) is 30.3 Å². The SMILES string of the molecule is NC1(C(=O)N2CCN(c3ccccc3)CC2)CCCCC1. The van der Waals surface area contributed by atoms with Crippen LogP contribution in [0.5, 0.6) is 0 Å². The Kier molecular flexibility index (Phi) is 4.15. The second-order valence-corrected chi connectivity index (χ2v) is 6.33. The van der Waals surface area contributed by atoms with Gasteiger partial charge < -0.3 is 15.5 Å². The molecule has 3 rings (SSSR count). The Morgan fingerprint density at radius 2 is 1.57 bits per heavy atom. The summed E-state index contributed by atoms with van der Waals surface area (Å²) in [5.74, 6) is 0.176. The van der Waals surface area contributed by atoms with Gasteiger partial charge in [0.2, 0.25) is 5.91 Å². The number of anilines is 1. The Balaban J connectivity index is 1.59. The number of para-hydroxylation sites is 1. The van der Waals surface area contributed by atoms with Gasteiger partial charge in [-0.05, 0) is 25.0 Å². The molecule has 1 saturated heterocycles. The lowest BCUT2D eigenvalue weighted by molar-refractivity contribution is -0.138. The van der Waals surface area contributed by atoms with Crippen molar-refractivity contribution < 1.29 is 4.79 Å². The summed E-state index contributed by atoms with van der Waals surface area (Å²) in [7, 11) is 0. The lowest BCUT2D eigenvalue weighted by Crippen LogP contribution is -2.60. The zero-order chi connectivity index (χ0) is 14.7. The number of nitrogens with zero attached hydrogens (tertiary/aromatic N) is 2. The topological polar surface area (TPSA) is 49.6 Å². The number of nitrogens with two attached hydrogens (primary N) is 1. The first-order valence-corrected chi connectivity index (χ1v) is 8.07. The predicted octanol–water partition coefficient (Wildman–Crippen LogP) is 2.00. The van der Waals surface area contributed by atoms with Crippen molar-refractivity contribution >= 4 is 11.6 Å². The van der Waals surface area contributed by atoms with E-state index < -0.39 is 5.54 Å². The van der Waals surface area contributed by atoms with Crippen LogP contribution in [0.3, 0.4) is 0 Å². The van der Waals surface area contributed by atoms with Crippen molar-refractivity contribution in [1.29, 1.82) is 0 Å². The molecule has 1 aliphatic carbocycles. The summed E-state index contributed by atoms with van der Waals surface area (Å²) in [4.78, 5) is 17.0. The van der Waals surface area contributed by atoms with Crippen LogP contribution in [0.2, 0.25) is 0 Å². The lowest BCUT2D eigenvalue weighted by atomic mass is 9.81. The molecule has 21 heavy (non-hydrogen) atoms. The van der Waals surface area contributed by atoms with Gasteiger partial charge in [-0.15, -0.1) is 0 Å². The van der Waals surface area contributed by atoms with Gasteiger partial charge >= 0.3 is 0 Å². The Bertz CT molecular complexity index is 474. The number of piperazine rings is 1. The van der Waals surface area contributed by atoms with Crippen molar-refractivity contribution in [3.8, 4) is 0 Å². The molecule has 114 valence electrons. The standard InChI is InChI=1S/C17H25N3O/c18-17(9-5-2-6-10-17)16(21)20-13-11-19(12-14-20)15-7-3-1-4-8-15/h1,3-4,7-8H,2,5-6,9-14,18H2. The molecule has 1 saturated carbocycles. The van der Waals surface area contributed by atoms with Gasteiger partial charge in [0.15, 0.2) is 0 Å². The summed E-state index contributed by atoms with van der Waals surface area (Å²) >= 11 is 0. The minimum Gasteiger partial charge on any atom is -0.368 e. The number of benzene rings is 1. The first-order chi connectivity index (χ1) is 10.2. The van der Waals surface area contributed by atoms with Crippen LogP contribution in [0, 0.1) is 0 Å². The smallest absolute Gasteiger partial charge is 0.242 e. The van der Waals surface area contributed by atoms with Gasteiger partial charge in [0, 0.05) is 31.9 Å². The minimum absolute atomic E-state index is 0.176. The molecule has 4 heteroatoms. The maximum Gasteiger partial charge on any atom is 0.242 e. The highest BCUT2D eigenvalue weighted by atomic mass is 16.2. The zero-order valence-electron chi connectivity index (χ0n) is 12.6. The van der Waals surface area contributed by atoms with E-state index in [0.29, 0.717) is 0 Å². The molecule has 2 N–H and O–H groups in total. The van der Waals surface area contributed by atoms with Crippen LogP contribution >= 0.6 is 0 Å². The van der Waals surface area contributed by atoms with Crippen LogP contribution in [0.25, 0.3) is 0 Å². The van der Waals surface area contributed by atoms with Crippen LogP contribution in [0.1, 0.15) is 32.1 Å². The molecular weight excluding hydrogens is 262 g/mol. The molecule has 1 aromatic carbocycles. The van der Waals surface area contributed by atoms with Crippen molar-refractivity contribution in [2.45, 2.75) is 37.6 Å². The van der Waals surface area contributed by atoms with E-state index in [9.17, 15) is 4.79 Å². The Labute approximate surface area is 126 Å². The van der Waals surface area contributed by atoms with Crippen LogP contribution < -0.4 is 10.6 Å². The molecule has 2 fully saturated rings. The lowest BCUT2D eigenvalue weighted by Gasteiger charge is -2.41. The molecule has 0 radical (unpaired) electrons. The third-order valence-electron chi connectivity index (χ3n) is 4.86. The van der Waals surface area contributed by atoms with Gasteiger partial charge in [-0.25, -0.2) is 0 Å². The second-order valence-electron chi connectivity index (χ2n) is 6.33. The molecule has 0 unspecified atom stereocenters. The molecule has 1 aliphatic heterocycles. The maximum absolute atomic E-state index is 12.7. The fourth-order valence-corrected chi connectivity index (χ4v) is 3.52. The number of carbonyl (C=O) groups excluding carboxylic acids is 1. The van der Waals surface area contributed by atoms with Gasteiger partial charge in [0.1, 0.15) is 0 Å². The fourth-order valence-electron chi connectivity index (χ4n) is 3.52. The summed E-state index contributed by atoms with van der Waals surface area (Å²) in [6.45, 7) is 3.36. The monoisotopic (exact) mass is 287 g/mol. The summed E-state index contributed by atoms with van der Waals surface area (Å²) in [6.07, 6.45) is 5.10. The van der Waals surface area contributed by atoms with Crippen LogP contribution in [0.4, 0.5) is 5.69 Å². The molecule has 0 atom stereocenters. The summed E-state index contributed by atoms with van der Waals surface area (Å²) in [6, 6.07) is 10.4. The number of hydrogen-bond acceptors (Lipinski definition) is 3. The number of carbonyl (C=O) groups is 1. The van der Waals surface area contributed by atoms with Gasteiger partial charge in [-0.1, -0.05) is 37.5 Å². The van der Waals surface area contributed by atoms with Crippen molar-refractivity contribution in [1.82, 2.24) is 4.90 Å². The Hall–Kier alpha value is -1.55. The van der Waals surface area contributed by atoms with E-state index in [1.165, 1.54) is 12.1 Å². The first kappa shape index (κ1) is 14.4. The van der Waals surface area contributed by atoms with Gasteiger partial charge in [0.25, 0.3) is 0 Å². The van der Waals surface area contributed by atoms with Crippen LogP contribution in [-0.4, -0.2) is 42.5 Å². The van der Waals surface area contributed by atoms with E-state index in [0.717, 1.165) is 51.9 Å². The maximum atomic E-state index is 12.7. The Morgan fingerprint density at radius 3 is 2.19 bits per heavy atom. The van der Waals surface area contributed by atoms with Crippen molar-refractivity contribution in [2.75, 3.05) is 31.1 Å². The molecule has 1 heterocycles. The number of hydrogen-bond donors (Lipinski definition) is 1. The number of rotatable bonds is 2. The second kappa shape index (κ2) is 6.06. The fraction of sp³-hybridized carbons (Fsp3) is 0.588. The third-order valence-corrected chi connectivity index (χ3v) is 4.86. The molecule has 0 bridgehead atoms. The Morgan fingerprint density at radius 1 is 0.952 bits per heavy atom. The molecule has 0 spiro atoms. The highest BCUT2D eigenvalue weighted by Crippen LogP contribution is 2.28. The average Bonchev–Trinajstić information content (AvgIpc) is 2.56. The molecule has 4 nitrogen and oxygen atoms in total. The van der Waals surface area contributed by atoms with Crippen molar-refractivity contribution in [2.24, 2.45) is 5.73 Å².